The highest BCUT2D eigenvalue weighted by atomic mass is 32.2. The van der Waals surface area contributed by atoms with Crippen molar-refractivity contribution < 1.29 is 14.0 Å². The van der Waals surface area contributed by atoms with E-state index in [9.17, 15) is 9.59 Å². The molecule has 2 amide bonds. The number of anilines is 1. The van der Waals surface area contributed by atoms with E-state index in [2.05, 4.69) is 20.8 Å². The molecule has 0 radical (unpaired) electrons. The number of hydrogen-bond donors (Lipinski definition) is 2. The number of benzene rings is 1. The molecule has 0 bridgehead atoms. The maximum Gasteiger partial charge on any atom is 0.251 e. The van der Waals surface area contributed by atoms with Gasteiger partial charge in [-0.05, 0) is 31.2 Å². The van der Waals surface area contributed by atoms with Crippen LogP contribution in [0.4, 0.5) is 5.69 Å². The van der Waals surface area contributed by atoms with Crippen molar-refractivity contribution >= 4 is 29.3 Å². The number of aryl methyl sites for hydroxylation is 1. The third-order valence-electron chi connectivity index (χ3n) is 3.90. The van der Waals surface area contributed by atoms with Gasteiger partial charge in [-0.3, -0.25) is 9.59 Å². The van der Waals surface area contributed by atoms with Crippen LogP contribution in [0.25, 0.3) is 11.4 Å². The Labute approximate surface area is 160 Å². The molecule has 0 aliphatic rings. The summed E-state index contributed by atoms with van der Waals surface area (Å²) in [4.78, 5) is 23.9. The molecule has 2 aromatic heterocycles. The van der Waals surface area contributed by atoms with E-state index >= 15 is 0 Å². The summed E-state index contributed by atoms with van der Waals surface area (Å²) in [5.41, 5.74) is 1.91. The second-order valence-electron chi connectivity index (χ2n) is 5.75. The largest absolute Gasteiger partial charge is 0.469 e. The van der Waals surface area contributed by atoms with Crippen molar-refractivity contribution in [1.29, 1.82) is 0 Å². The molecule has 0 aliphatic heterocycles. The van der Waals surface area contributed by atoms with Crippen LogP contribution in [0.3, 0.4) is 0 Å². The summed E-state index contributed by atoms with van der Waals surface area (Å²) >= 11 is 1.28. The average molecular weight is 385 g/mol. The third-order valence-corrected chi connectivity index (χ3v) is 4.92. The molecule has 1 aromatic carbocycles. The molecule has 0 saturated carbocycles. The highest BCUT2D eigenvalue weighted by Crippen LogP contribution is 2.25. The van der Waals surface area contributed by atoms with Crippen molar-refractivity contribution in [1.82, 2.24) is 20.1 Å². The van der Waals surface area contributed by atoms with Crippen LogP contribution in [0.15, 0.2) is 46.2 Å². The molecule has 2 heterocycles. The molecule has 9 heteroatoms. The minimum absolute atomic E-state index is 0.167. The summed E-state index contributed by atoms with van der Waals surface area (Å²) in [7, 11) is 3.40. The normalized spacial score (nSPS) is 10.6. The highest BCUT2D eigenvalue weighted by Gasteiger charge is 2.16. The maximum atomic E-state index is 12.2. The molecule has 3 aromatic rings. The Morgan fingerprint density at radius 3 is 2.78 bits per heavy atom. The molecule has 27 heavy (non-hydrogen) atoms. The van der Waals surface area contributed by atoms with Gasteiger partial charge in [-0.25, -0.2) is 0 Å². The second-order valence-corrected chi connectivity index (χ2v) is 6.69. The summed E-state index contributed by atoms with van der Waals surface area (Å²) in [5.74, 6) is 1.21. The summed E-state index contributed by atoms with van der Waals surface area (Å²) in [6, 6.07) is 8.60. The first-order valence-electron chi connectivity index (χ1n) is 8.18. The lowest BCUT2D eigenvalue weighted by Crippen LogP contribution is -2.19. The van der Waals surface area contributed by atoms with Crippen LogP contribution in [0.5, 0.6) is 0 Å². The van der Waals surface area contributed by atoms with Crippen LogP contribution in [-0.4, -0.2) is 39.4 Å². The number of furan rings is 1. The Balaban J connectivity index is 1.63. The van der Waals surface area contributed by atoms with Gasteiger partial charge in [-0.1, -0.05) is 17.8 Å². The van der Waals surface area contributed by atoms with Crippen molar-refractivity contribution in [3.8, 4) is 11.4 Å². The van der Waals surface area contributed by atoms with Gasteiger partial charge in [0.05, 0.1) is 17.6 Å². The fourth-order valence-electron chi connectivity index (χ4n) is 2.50. The van der Waals surface area contributed by atoms with Crippen LogP contribution in [0.2, 0.25) is 0 Å². The molecule has 3 rings (SSSR count). The number of carbonyl (C=O) groups excluding carboxylic acids is 2. The summed E-state index contributed by atoms with van der Waals surface area (Å²) in [6.45, 7) is 1.86. The molecular formula is C18H19N5O3S. The Morgan fingerprint density at radius 2 is 2.07 bits per heavy atom. The van der Waals surface area contributed by atoms with E-state index in [1.165, 1.54) is 11.8 Å². The van der Waals surface area contributed by atoms with Crippen LogP contribution in [-0.2, 0) is 11.8 Å². The Hall–Kier alpha value is -3.07. The van der Waals surface area contributed by atoms with Gasteiger partial charge in [-0.15, -0.1) is 10.2 Å². The predicted molar refractivity (Wildman–Crippen MR) is 103 cm³/mol. The maximum absolute atomic E-state index is 12.2. The van der Waals surface area contributed by atoms with E-state index in [1.54, 1.807) is 37.6 Å². The number of amides is 2. The van der Waals surface area contributed by atoms with Crippen LogP contribution >= 0.6 is 11.8 Å². The molecule has 8 nitrogen and oxygen atoms in total. The minimum Gasteiger partial charge on any atom is -0.469 e. The van der Waals surface area contributed by atoms with Crippen LogP contribution in [0.1, 0.15) is 16.1 Å². The number of aromatic nitrogens is 3. The molecule has 2 N–H and O–H groups in total. The predicted octanol–water partition coefficient (Wildman–Crippen LogP) is 2.47. The number of nitrogens with zero attached hydrogens (tertiary/aromatic N) is 3. The average Bonchev–Trinajstić information content (AvgIpc) is 3.24. The number of hydrogen-bond acceptors (Lipinski definition) is 6. The minimum atomic E-state index is -0.207. The van der Waals surface area contributed by atoms with Crippen LogP contribution < -0.4 is 10.6 Å². The zero-order chi connectivity index (χ0) is 19.4. The monoisotopic (exact) mass is 385 g/mol. The zero-order valence-electron chi connectivity index (χ0n) is 15.1. The SMILES string of the molecule is CNC(=O)c1cccc(NC(=O)CSc2nnc(-c3ccoc3C)n2C)c1. The molecule has 0 unspecified atom stereocenters. The smallest absolute Gasteiger partial charge is 0.251 e. The lowest BCUT2D eigenvalue weighted by Gasteiger charge is -2.07. The zero-order valence-corrected chi connectivity index (χ0v) is 16.0. The van der Waals surface area contributed by atoms with Gasteiger partial charge in [0.2, 0.25) is 5.91 Å². The van der Waals surface area contributed by atoms with Gasteiger partial charge < -0.3 is 19.6 Å². The van der Waals surface area contributed by atoms with Crippen LogP contribution in [0, 0.1) is 6.92 Å². The molecule has 140 valence electrons. The van der Waals surface area contributed by atoms with E-state index in [-0.39, 0.29) is 17.6 Å². The lowest BCUT2D eigenvalue weighted by molar-refractivity contribution is -0.113. The van der Waals surface area contributed by atoms with Gasteiger partial charge in [-0.2, -0.15) is 0 Å². The van der Waals surface area contributed by atoms with E-state index in [1.807, 2.05) is 24.6 Å². The first-order valence-corrected chi connectivity index (χ1v) is 9.17. The fourth-order valence-corrected chi connectivity index (χ4v) is 3.21. The molecule has 0 fully saturated rings. The van der Waals surface area contributed by atoms with Crippen molar-refractivity contribution in [2.24, 2.45) is 7.05 Å². The number of nitrogens with one attached hydrogen (secondary N) is 2. The van der Waals surface area contributed by atoms with Crippen molar-refractivity contribution in [2.75, 3.05) is 18.1 Å². The van der Waals surface area contributed by atoms with Crippen molar-refractivity contribution in [2.45, 2.75) is 12.1 Å². The quantitative estimate of drug-likeness (QED) is 0.632. The number of thioether (sulfide) groups is 1. The van der Waals surface area contributed by atoms with E-state index < -0.39 is 0 Å². The molecule has 0 atom stereocenters. The van der Waals surface area contributed by atoms with Crippen molar-refractivity contribution in [3.63, 3.8) is 0 Å². The summed E-state index contributed by atoms with van der Waals surface area (Å²) in [5, 5.41) is 14.3. The van der Waals surface area contributed by atoms with Gasteiger partial charge in [0.15, 0.2) is 11.0 Å². The Bertz CT molecular complexity index is 979. The molecule has 0 spiro atoms. The van der Waals surface area contributed by atoms with E-state index in [0.717, 1.165) is 11.3 Å². The van der Waals surface area contributed by atoms with E-state index in [0.29, 0.717) is 22.2 Å². The second kappa shape index (κ2) is 8.09. The summed E-state index contributed by atoms with van der Waals surface area (Å²) in [6.07, 6.45) is 1.60. The Kier molecular flexibility index (Phi) is 5.60. The third kappa shape index (κ3) is 4.20. The van der Waals surface area contributed by atoms with Gasteiger partial charge >= 0.3 is 0 Å². The fraction of sp³-hybridized carbons (Fsp3) is 0.222. The number of carbonyl (C=O) groups is 2. The lowest BCUT2D eigenvalue weighted by atomic mass is 10.2. The first kappa shape index (κ1) is 18.7. The Morgan fingerprint density at radius 1 is 1.26 bits per heavy atom. The summed E-state index contributed by atoms with van der Waals surface area (Å²) < 4.78 is 7.12. The van der Waals surface area contributed by atoms with E-state index in [4.69, 9.17) is 4.42 Å². The molecular weight excluding hydrogens is 366 g/mol. The van der Waals surface area contributed by atoms with Gasteiger partial charge in [0, 0.05) is 25.3 Å². The van der Waals surface area contributed by atoms with Gasteiger partial charge in [0.1, 0.15) is 5.76 Å². The molecule has 0 saturated heterocycles. The van der Waals surface area contributed by atoms with Gasteiger partial charge in [0.25, 0.3) is 5.91 Å². The number of rotatable bonds is 6. The standard InChI is InChI=1S/C18H19N5O3S/c1-11-14(7-8-26-11)16-21-22-18(23(16)3)27-10-15(24)20-13-6-4-5-12(9-13)17(25)19-2/h4-9H,10H2,1-3H3,(H,19,25)(H,20,24). The first-order chi connectivity index (χ1) is 13.0. The topological polar surface area (TPSA) is 102 Å². The van der Waals surface area contributed by atoms with Crippen molar-refractivity contribution in [3.05, 3.63) is 47.9 Å². The molecule has 0 aliphatic carbocycles. The highest BCUT2D eigenvalue weighted by molar-refractivity contribution is 7.99.